The van der Waals surface area contributed by atoms with Crippen LogP contribution in [0.5, 0.6) is 5.75 Å². The second-order valence-electron chi connectivity index (χ2n) is 6.27. The summed E-state index contributed by atoms with van der Waals surface area (Å²) in [7, 11) is 1.44. The molecule has 0 unspecified atom stereocenters. The van der Waals surface area contributed by atoms with Crippen LogP contribution in [0, 0.1) is 5.92 Å². The summed E-state index contributed by atoms with van der Waals surface area (Å²) < 4.78 is 16.1. The molecule has 25 heavy (non-hydrogen) atoms. The van der Waals surface area contributed by atoms with E-state index in [1.807, 2.05) is 25.1 Å². The van der Waals surface area contributed by atoms with Crippen molar-refractivity contribution < 1.29 is 18.8 Å². The Labute approximate surface area is 152 Å². The maximum Gasteiger partial charge on any atom is 0.308 e. The summed E-state index contributed by atoms with van der Waals surface area (Å²) in [6.45, 7) is 2.49. The maximum absolute atomic E-state index is 11.8. The molecule has 1 heterocycles. The average molecular weight is 364 g/mol. The first kappa shape index (κ1) is 17.8. The van der Waals surface area contributed by atoms with E-state index in [4.69, 9.17) is 25.6 Å². The van der Waals surface area contributed by atoms with Gasteiger partial charge in [-0.05, 0) is 44.4 Å². The zero-order valence-electron chi connectivity index (χ0n) is 14.5. The molecule has 2 atom stereocenters. The minimum atomic E-state index is -0.141. The van der Waals surface area contributed by atoms with E-state index in [9.17, 15) is 4.79 Å². The third-order valence-electron chi connectivity index (χ3n) is 4.66. The second kappa shape index (κ2) is 7.91. The van der Waals surface area contributed by atoms with Gasteiger partial charge < -0.3 is 14.0 Å². The average Bonchev–Trinajstić information content (AvgIpc) is 3.13. The number of aromatic nitrogens is 1. The molecule has 5 nitrogen and oxygen atoms in total. The summed E-state index contributed by atoms with van der Waals surface area (Å²) in [6.07, 6.45) is 3.56. The minimum Gasteiger partial charge on any atom is -0.493 e. The molecule has 0 radical (unpaired) electrons. The number of halogens is 1. The topological polar surface area (TPSA) is 61.6 Å². The summed E-state index contributed by atoms with van der Waals surface area (Å²) in [5, 5.41) is 4.82. The Morgan fingerprint density at radius 2 is 2.20 bits per heavy atom. The van der Waals surface area contributed by atoms with E-state index < -0.39 is 0 Å². The van der Waals surface area contributed by atoms with E-state index in [1.165, 1.54) is 7.11 Å². The lowest BCUT2D eigenvalue weighted by Crippen LogP contribution is -2.22. The lowest BCUT2D eigenvalue weighted by atomic mass is 9.80. The highest BCUT2D eigenvalue weighted by Crippen LogP contribution is 2.39. The molecule has 1 aromatic heterocycles. The highest BCUT2D eigenvalue weighted by atomic mass is 35.5. The number of methoxy groups -OCH3 is 1. The molecule has 0 aliphatic heterocycles. The zero-order valence-corrected chi connectivity index (χ0v) is 15.2. The summed E-state index contributed by atoms with van der Waals surface area (Å²) in [6, 6.07) is 7.38. The van der Waals surface area contributed by atoms with Crippen molar-refractivity contribution in [3.8, 4) is 17.0 Å². The monoisotopic (exact) mass is 363 g/mol. The van der Waals surface area contributed by atoms with Gasteiger partial charge >= 0.3 is 5.97 Å². The lowest BCUT2D eigenvalue weighted by molar-refractivity contribution is -0.146. The smallest absolute Gasteiger partial charge is 0.308 e. The molecule has 6 heteroatoms. The van der Waals surface area contributed by atoms with Gasteiger partial charge in [0.15, 0.2) is 0 Å². The summed E-state index contributed by atoms with van der Waals surface area (Å²) in [4.78, 5) is 11.8. The fraction of sp³-hybridized carbons (Fsp3) is 0.474. The van der Waals surface area contributed by atoms with Crippen LogP contribution in [0.25, 0.3) is 11.3 Å². The molecule has 1 aliphatic carbocycles. The fourth-order valence-electron chi connectivity index (χ4n) is 3.42. The number of esters is 1. The third kappa shape index (κ3) is 3.98. The SMILES string of the molecule is CCOc1ccc(Cl)cc1-c1cc([C@H]2CCC[C@@H](C(=O)OC)C2)on1. The van der Waals surface area contributed by atoms with Crippen molar-refractivity contribution in [1.82, 2.24) is 5.16 Å². The van der Waals surface area contributed by atoms with E-state index in [0.717, 1.165) is 42.8 Å². The standard InChI is InChI=1S/C19H22ClNO4/c1-3-24-17-8-7-14(20)10-15(17)16-11-18(25-21-16)12-5-4-6-13(9-12)19(22)23-2/h7-8,10-13H,3-6,9H2,1-2H3/t12-,13+/m0/s1. The van der Waals surface area contributed by atoms with Gasteiger partial charge in [-0.3, -0.25) is 4.79 Å². The van der Waals surface area contributed by atoms with Crippen LogP contribution >= 0.6 is 11.6 Å². The number of carbonyl (C=O) groups excluding carboxylic acids is 1. The Hall–Kier alpha value is -2.01. The van der Waals surface area contributed by atoms with Gasteiger partial charge in [0.2, 0.25) is 0 Å². The van der Waals surface area contributed by atoms with Gasteiger partial charge in [-0.2, -0.15) is 0 Å². The first-order chi connectivity index (χ1) is 12.1. The summed E-state index contributed by atoms with van der Waals surface area (Å²) >= 11 is 6.13. The van der Waals surface area contributed by atoms with Crippen LogP contribution in [-0.2, 0) is 9.53 Å². The van der Waals surface area contributed by atoms with Gasteiger partial charge in [-0.1, -0.05) is 23.2 Å². The van der Waals surface area contributed by atoms with Crippen LogP contribution in [-0.4, -0.2) is 24.8 Å². The van der Waals surface area contributed by atoms with Gasteiger partial charge in [0.1, 0.15) is 17.2 Å². The van der Waals surface area contributed by atoms with Crippen molar-refractivity contribution in [3.05, 3.63) is 35.0 Å². The van der Waals surface area contributed by atoms with Crippen LogP contribution in [0.1, 0.15) is 44.3 Å². The number of carbonyl (C=O) groups is 1. The first-order valence-corrected chi connectivity index (χ1v) is 8.97. The molecular formula is C19H22ClNO4. The van der Waals surface area contributed by atoms with Crippen LogP contribution in [0.4, 0.5) is 0 Å². The highest BCUT2D eigenvalue weighted by Gasteiger charge is 2.31. The van der Waals surface area contributed by atoms with Crippen molar-refractivity contribution in [3.63, 3.8) is 0 Å². The molecule has 0 bridgehead atoms. The van der Waals surface area contributed by atoms with E-state index in [0.29, 0.717) is 17.3 Å². The Bertz CT molecular complexity index is 743. The van der Waals surface area contributed by atoms with Crippen molar-refractivity contribution in [1.29, 1.82) is 0 Å². The van der Waals surface area contributed by atoms with E-state index in [1.54, 1.807) is 6.07 Å². The van der Waals surface area contributed by atoms with Gasteiger partial charge in [0, 0.05) is 22.6 Å². The molecule has 134 valence electrons. The van der Waals surface area contributed by atoms with Crippen LogP contribution in [0.15, 0.2) is 28.8 Å². The van der Waals surface area contributed by atoms with Crippen LogP contribution in [0.3, 0.4) is 0 Å². The Balaban J connectivity index is 1.83. The number of nitrogens with zero attached hydrogens (tertiary/aromatic N) is 1. The molecule has 2 aromatic rings. The lowest BCUT2D eigenvalue weighted by Gasteiger charge is -2.25. The fourth-order valence-corrected chi connectivity index (χ4v) is 3.59. The van der Waals surface area contributed by atoms with Crippen LogP contribution < -0.4 is 4.74 Å². The molecule has 1 saturated carbocycles. The molecule has 0 amide bonds. The number of hydrogen-bond donors (Lipinski definition) is 0. The molecule has 1 fully saturated rings. The quantitative estimate of drug-likeness (QED) is 0.711. The number of rotatable bonds is 5. The highest BCUT2D eigenvalue weighted by molar-refractivity contribution is 6.30. The van der Waals surface area contributed by atoms with E-state index in [2.05, 4.69) is 5.16 Å². The number of benzene rings is 1. The molecule has 0 N–H and O–H groups in total. The number of ether oxygens (including phenoxy) is 2. The summed E-state index contributed by atoms with van der Waals surface area (Å²) in [5.41, 5.74) is 1.51. The third-order valence-corrected chi connectivity index (χ3v) is 4.89. The van der Waals surface area contributed by atoms with Gasteiger partial charge in [0.05, 0.1) is 19.6 Å². The summed E-state index contributed by atoms with van der Waals surface area (Å²) in [5.74, 6) is 1.49. The molecule has 0 saturated heterocycles. The Kier molecular flexibility index (Phi) is 5.63. The van der Waals surface area contributed by atoms with E-state index >= 15 is 0 Å². The molecule has 0 spiro atoms. The van der Waals surface area contributed by atoms with Gasteiger partial charge in [0.25, 0.3) is 0 Å². The number of hydrogen-bond acceptors (Lipinski definition) is 5. The minimum absolute atomic E-state index is 0.0672. The molecule has 1 aliphatic rings. The predicted octanol–water partition coefficient (Wildman–Crippen LogP) is 4.84. The van der Waals surface area contributed by atoms with Crippen molar-refractivity contribution >= 4 is 17.6 Å². The van der Waals surface area contributed by atoms with Gasteiger partial charge in [-0.15, -0.1) is 0 Å². The van der Waals surface area contributed by atoms with Crippen molar-refractivity contribution in [2.45, 2.75) is 38.5 Å². The Morgan fingerprint density at radius 1 is 1.36 bits per heavy atom. The maximum atomic E-state index is 11.8. The van der Waals surface area contributed by atoms with Crippen molar-refractivity contribution in [2.24, 2.45) is 5.92 Å². The second-order valence-corrected chi connectivity index (χ2v) is 6.71. The predicted molar refractivity (Wildman–Crippen MR) is 94.8 cm³/mol. The normalized spacial score (nSPS) is 20.3. The molecule has 1 aromatic carbocycles. The largest absolute Gasteiger partial charge is 0.493 e. The van der Waals surface area contributed by atoms with Crippen LogP contribution in [0.2, 0.25) is 5.02 Å². The van der Waals surface area contributed by atoms with Crippen molar-refractivity contribution in [2.75, 3.05) is 13.7 Å². The van der Waals surface area contributed by atoms with E-state index in [-0.39, 0.29) is 17.8 Å². The van der Waals surface area contributed by atoms with Gasteiger partial charge in [-0.25, -0.2) is 0 Å². The molecule has 3 rings (SSSR count). The Morgan fingerprint density at radius 3 is 2.96 bits per heavy atom. The first-order valence-electron chi connectivity index (χ1n) is 8.59. The zero-order chi connectivity index (χ0) is 17.8. The molecular weight excluding hydrogens is 342 g/mol.